The van der Waals surface area contributed by atoms with E-state index in [1.165, 1.54) is 6.07 Å². The average molecular weight is 464 g/mol. The number of likely N-dealkylation sites (N-methyl/N-ethyl adjacent to an activating group) is 1. The summed E-state index contributed by atoms with van der Waals surface area (Å²) >= 11 is 0.971. The van der Waals surface area contributed by atoms with E-state index in [4.69, 9.17) is 0 Å². The first kappa shape index (κ1) is 22.5. The van der Waals surface area contributed by atoms with Crippen molar-refractivity contribution in [3.63, 3.8) is 0 Å². The van der Waals surface area contributed by atoms with Gasteiger partial charge in [0.2, 0.25) is 0 Å². The second kappa shape index (κ2) is 9.03. The molecule has 1 saturated heterocycles. The van der Waals surface area contributed by atoms with E-state index in [0.717, 1.165) is 61.5 Å². The minimum absolute atomic E-state index is 0.205. The van der Waals surface area contributed by atoms with Crippen molar-refractivity contribution in [1.29, 1.82) is 0 Å². The molecule has 4 heterocycles. The molecule has 0 aromatic carbocycles. The van der Waals surface area contributed by atoms with Gasteiger partial charge in [-0.2, -0.15) is 13.2 Å². The fraction of sp³-hybridized carbons (Fsp3) is 0.409. The number of aryl methyl sites for hydroxylation is 1. The van der Waals surface area contributed by atoms with Gasteiger partial charge in [0.1, 0.15) is 16.3 Å². The monoisotopic (exact) mass is 463 g/mol. The molecule has 3 aromatic rings. The number of piperazine rings is 1. The molecule has 1 fully saturated rings. The van der Waals surface area contributed by atoms with E-state index in [1.54, 1.807) is 13.1 Å². The van der Waals surface area contributed by atoms with Gasteiger partial charge in [-0.05, 0) is 42.8 Å². The Morgan fingerprint density at radius 3 is 2.53 bits per heavy atom. The third-order valence-electron chi connectivity index (χ3n) is 5.71. The van der Waals surface area contributed by atoms with Crippen molar-refractivity contribution in [3.05, 3.63) is 52.2 Å². The van der Waals surface area contributed by atoms with Gasteiger partial charge in [0, 0.05) is 44.3 Å². The van der Waals surface area contributed by atoms with Crippen LogP contribution in [0, 0.1) is 6.92 Å². The molecule has 0 atom stereocenters. The van der Waals surface area contributed by atoms with Crippen molar-refractivity contribution >= 4 is 33.3 Å². The minimum atomic E-state index is -4.52. The summed E-state index contributed by atoms with van der Waals surface area (Å²) in [4.78, 5) is 26.1. The van der Waals surface area contributed by atoms with Crippen molar-refractivity contribution in [1.82, 2.24) is 20.2 Å². The van der Waals surface area contributed by atoms with Crippen LogP contribution in [-0.2, 0) is 12.7 Å². The molecule has 170 valence electrons. The van der Waals surface area contributed by atoms with Crippen LogP contribution in [-0.4, -0.2) is 53.5 Å². The number of nitrogens with zero attached hydrogens (tertiary/aromatic N) is 4. The number of amides is 1. The molecular weight excluding hydrogens is 439 g/mol. The Morgan fingerprint density at radius 1 is 1.16 bits per heavy atom. The number of halogens is 3. The summed E-state index contributed by atoms with van der Waals surface area (Å²) < 4.78 is 38.8. The number of hydrogen-bond donors (Lipinski definition) is 1. The van der Waals surface area contributed by atoms with E-state index in [2.05, 4.69) is 32.0 Å². The number of alkyl halides is 3. The second-order valence-corrected chi connectivity index (χ2v) is 8.73. The molecule has 1 amide bonds. The number of aromatic nitrogens is 2. The number of nitrogens with one attached hydrogen (secondary N) is 1. The molecule has 3 aromatic heterocycles. The maximum Gasteiger partial charge on any atom is 0.433 e. The smallest absolute Gasteiger partial charge is 0.354 e. The molecule has 0 radical (unpaired) electrons. The van der Waals surface area contributed by atoms with Gasteiger partial charge in [0.15, 0.2) is 0 Å². The molecule has 0 bridgehead atoms. The molecule has 4 rings (SSSR count). The van der Waals surface area contributed by atoms with Crippen molar-refractivity contribution in [2.24, 2.45) is 0 Å². The number of carbonyl (C=O) groups is 1. The minimum Gasteiger partial charge on any atom is -0.354 e. The van der Waals surface area contributed by atoms with Crippen molar-refractivity contribution in [2.75, 3.05) is 37.6 Å². The third-order valence-corrected chi connectivity index (χ3v) is 6.91. The largest absolute Gasteiger partial charge is 0.433 e. The summed E-state index contributed by atoms with van der Waals surface area (Å²) in [6.07, 6.45) is -2.77. The predicted octanol–water partition coefficient (Wildman–Crippen LogP) is 4.09. The molecule has 1 aliphatic heterocycles. The number of fused-ring (bicyclic) bond motifs is 1. The lowest BCUT2D eigenvalue weighted by molar-refractivity contribution is -0.140. The van der Waals surface area contributed by atoms with E-state index in [-0.39, 0.29) is 17.3 Å². The van der Waals surface area contributed by atoms with Crippen LogP contribution in [0.5, 0.6) is 0 Å². The Hall–Kier alpha value is -2.72. The fourth-order valence-corrected chi connectivity index (χ4v) is 4.83. The second-order valence-electron chi connectivity index (χ2n) is 7.73. The number of rotatable bonds is 5. The lowest BCUT2D eigenvalue weighted by Crippen LogP contribution is -2.46. The quantitative estimate of drug-likeness (QED) is 0.618. The van der Waals surface area contributed by atoms with Gasteiger partial charge in [-0.15, -0.1) is 11.3 Å². The van der Waals surface area contributed by atoms with Crippen LogP contribution >= 0.6 is 11.3 Å². The highest BCUT2D eigenvalue weighted by Gasteiger charge is 2.33. The SMILES string of the molecule is CCN1CCN(c2ccc(CNC(=O)c3sc4nc(C(F)(F)F)ccc4c3C)cn2)CC1. The first-order valence-electron chi connectivity index (χ1n) is 10.4. The topological polar surface area (TPSA) is 61.4 Å². The van der Waals surface area contributed by atoms with Gasteiger partial charge < -0.3 is 15.1 Å². The number of anilines is 1. The van der Waals surface area contributed by atoms with Gasteiger partial charge in [-0.1, -0.05) is 13.0 Å². The summed E-state index contributed by atoms with van der Waals surface area (Å²) in [7, 11) is 0. The molecule has 10 heteroatoms. The van der Waals surface area contributed by atoms with Crippen LogP contribution < -0.4 is 10.2 Å². The highest BCUT2D eigenvalue weighted by molar-refractivity contribution is 7.20. The maximum atomic E-state index is 12.9. The molecule has 6 nitrogen and oxygen atoms in total. The Kier molecular flexibility index (Phi) is 6.34. The summed E-state index contributed by atoms with van der Waals surface area (Å²) in [5, 5.41) is 3.39. The summed E-state index contributed by atoms with van der Waals surface area (Å²) in [6.45, 7) is 9.13. The molecule has 1 aliphatic rings. The first-order valence-corrected chi connectivity index (χ1v) is 11.3. The van der Waals surface area contributed by atoms with Crippen molar-refractivity contribution in [3.8, 4) is 0 Å². The van der Waals surface area contributed by atoms with Crippen LogP contribution in [0.2, 0.25) is 0 Å². The fourth-order valence-electron chi connectivity index (χ4n) is 3.74. The number of pyridine rings is 2. The van der Waals surface area contributed by atoms with Gasteiger partial charge in [0.25, 0.3) is 5.91 Å². The zero-order chi connectivity index (χ0) is 22.9. The first-order chi connectivity index (χ1) is 15.3. The number of thiophene rings is 1. The molecule has 0 aliphatic carbocycles. The molecule has 0 saturated carbocycles. The predicted molar refractivity (Wildman–Crippen MR) is 119 cm³/mol. The van der Waals surface area contributed by atoms with E-state index < -0.39 is 11.9 Å². The third kappa shape index (κ3) is 4.71. The average Bonchev–Trinajstić information content (AvgIpc) is 3.13. The lowest BCUT2D eigenvalue weighted by Gasteiger charge is -2.34. The Labute approximate surface area is 188 Å². The van der Waals surface area contributed by atoms with Crippen LogP contribution in [0.3, 0.4) is 0 Å². The molecule has 1 N–H and O–H groups in total. The van der Waals surface area contributed by atoms with Gasteiger partial charge in [-0.3, -0.25) is 4.79 Å². The van der Waals surface area contributed by atoms with E-state index in [0.29, 0.717) is 15.8 Å². The summed E-state index contributed by atoms with van der Waals surface area (Å²) in [5.41, 5.74) is 0.523. The highest BCUT2D eigenvalue weighted by atomic mass is 32.1. The number of carbonyl (C=O) groups excluding carboxylic acids is 1. The van der Waals surface area contributed by atoms with Crippen LogP contribution in [0.15, 0.2) is 30.5 Å². The van der Waals surface area contributed by atoms with Gasteiger partial charge >= 0.3 is 6.18 Å². The van der Waals surface area contributed by atoms with Crippen LogP contribution in [0.1, 0.15) is 33.4 Å². The summed E-state index contributed by atoms with van der Waals surface area (Å²) in [6, 6.07) is 6.20. The Bertz CT molecular complexity index is 1110. The van der Waals surface area contributed by atoms with E-state index >= 15 is 0 Å². The van der Waals surface area contributed by atoms with Crippen molar-refractivity contribution < 1.29 is 18.0 Å². The Morgan fingerprint density at radius 2 is 1.91 bits per heavy atom. The normalized spacial score (nSPS) is 15.3. The Balaban J connectivity index is 1.40. The van der Waals surface area contributed by atoms with Gasteiger partial charge in [-0.25, -0.2) is 9.97 Å². The number of hydrogen-bond acceptors (Lipinski definition) is 6. The van der Waals surface area contributed by atoms with Gasteiger partial charge in [0.05, 0.1) is 4.88 Å². The molecular formula is C22H24F3N5OS. The van der Waals surface area contributed by atoms with E-state index in [1.807, 2.05) is 12.1 Å². The standard InChI is InChI=1S/C22H24F3N5OS/c1-3-29-8-10-30(11-9-29)18-7-4-15(12-26-18)13-27-20(31)19-14(2)16-5-6-17(22(23,24)25)28-21(16)32-19/h4-7,12H,3,8-11,13H2,1-2H3,(H,27,31). The molecule has 0 spiro atoms. The maximum absolute atomic E-state index is 12.9. The highest BCUT2D eigenvalue weighted by Crippen LogP contribution is 2.34. The zero-order valence-electron chi connectivity index (χ0n) is 17.9. The molecule has 32 heavy (non-hydrogen) atoms. The van der Waals surface area contributed by atoms with Crippen LogP contribution in [0.4, 0.5) is 19.0 Å². The van der Waals surface area contributed by atoms with E-state index in [9.17, 15) is 18.0 Å². The zero-order valence-corrected chi connectivity index (χ0v) is 18.7. The van der Waals surface area contributed by atoms with Crippen LogP contribution in [0.25, 0.3) is 10.2 Å². The summed E-state index contributed by atoms with van der Waals surface area (Å²) in [5.74, 6) is 0.585. The lowest BCUT2D eigenvalue weighted by atomic mass is 10.1. The van der Waals surface area contributed by atoms with Crippen molar-refractivity contribution in [2.45, 2.75) is 26.6 Å². The molecule has 0 unspecified atom stereocenters.